The Bertz CT molecular complexity index is 1830. The third-order valence-corrected chi connectivity index (χ3v) is 9.19. The Labute approximate surface area is 262 Å². The van der Waals surface area contributed by atoms with E-state index in [-0.39, 0.29) is 47.7 Å². The fraction of sp³-hybridized carbons (Fsp3) is 0.406. The number of alkyl halides is 3. The molecule has 240 valence electrons. The zero-order valence-corrected chi connectivity index (χ0v) is 25.1. The molecule has 0 aliphatic carbocycles. The smallest absolute Gasteiger partial charge is 0.416 e. The predicted molar refractivity (Wildman–Crippen MR) is 163 cm³/mol. The Morgan fingerprint density at radius 1 is 1.11 bits per heavy atom. The minimum absolute atomic E-state index is 0.0308. The molecule has 3 aromatic heterocycles. The monoisotopic (exact) mass is 634 g/mol. The quantitative estimate of drug-likeness (QED) is 0.315. The topological polar surface area (TPSA) is 131 Å². The molecule has 46 heavy (non-hydrogen) atoms. The van der Waals surface area contributed by atoms with Gasteiger partial charge < -0.3 is 20.7 Å². The Morgan fingerprint density at radius 2 is 1.96 bits per heavy atom. The maximum absolute atomic E-state index is 13.5. The maximum atomic E-state index is 13.5. The summed E-state index contributed by atoms with van der Waals surface area (Å²) < 4.78 is 47.4. The molecule has 3 aliphatic heterocycles. The van der Waals surface area contributed by atoms with Gasteiger partial charge in [-0.2, -0.15) is 13.2 Å². The van der Waals surface area contributed by atoms with Crippen molar-refractivity contribution >= 4 is 29.0 Å². The van der Waals surface area contributed by atoms with E-state index in [0.29, 0.717) is 29.1 Å². The lowest BCUT2D eigenvalue weighted by molar-refractivity contribution is -0.146. The van der Waals surface area contributed by atoms with Crippen LogP contribution in [0.3, 0.4) is 0 Å². The van der Waals surface area contributed by atoms with E-state index in [1.54, 1.807) is 25.3 Å². The Kier molecular flexibility index (Phi) is 7.54. The Balaban J connectivity index is 1.21. The summed E-state index contributed by atoms with van der Waals surface area (Å²) in [6, 6.07) is 6.52. The molecular formula is C32H33F3N8O3. The standard InChI is InChI=1S/C32H33F3N8O3/c1-2-46-24-14-18(30(44)39-25-15-20(9-10-37-25)32(33,34)35)6-8-22(24)26-27-28(36)38-11-13-42(27)29(40-26)19-5-7-21-17-41-12-3-4-23(41)31(45)43(21)16-19/h6,8-11,13-15,19,21,23H,2-5,7,12,16-17H2,1H3,(H2,36,38)(H,37,39,44)/t19-,21+,23+/m1/s1. The van der Waals surface area contributed by atoms with Gasteiger partial charge in [0.25, 0.3) is 5.91 Å². The number of anilines is 2. The molecule has 14 heteroatoms. The molecule has 3 atom stereocenters. The van der Waals surface area contributed by atoms with Crippen LogP contribution in [0.15, 0.2) is 48.9 Å². The van der Waals surface area contributed by atoms with E-state index in [4.69, 9.17) is 15.5 Å². The second-order valence-electron chi connectivity index (χ2n) is 11.9. The van der Waals surface area contributed by atoms with Gasteiger partial charge in [-0.05, 0) is 69.5 Å². The first kappa shape index (κ1) is 30.0. The van der Waals surface area contributed by atoms with E-state index in [0.717, 1.165) is 62.9 Å². The van der Waals surface area contributed by atoms with Gasteiger partial charge in [-0.25, -0.2) is 15.0 Å². The van der Waals surface area contributed by atoms with Crippen molar-refractivity contribution in [1.29, 1.82) is 0 Å². The lowest BCUT2D eigenvalue weighted by atomic mass is 9.89. The van der Waals surface area contributed by atoms with Crippen LogP contribution in [0.1, 0.15) is 60.3 Å². The predicted octanol–water partition coefficient (Wildman–Crippen LogP) is 4.60. The number of rotatable bonds is 6. The van der Waals surface area contributed by atoms with Crippen LogP contribution in [0, 0.1) is 0 Å². The van der Waals surface area contributed by atoms with Crippen LogP contribution in [0.25, 0.3) is 16.8 Å². The second-order valence-corrected chi connectivity index (χ2v) is 11.9. The highest BCUT2D eigenvalue weighted by Gasteiger charge is 2.45. The molecule has 11 nitrogen and oxygen atoms in total. The number of aromatic nitrogens is 4. The molecule has 1 aromatic carbocycles. The summed E-state index contributed by atoms with van der Waals surface area (Å²) in [5, 5.41) is 2.43. The minimum Gasteiger partial charge on any atom is -0.493 e. The SMILES string of the molecule is CCOc1cc(C(=O)Nc2cc(C(F)(F)F)ccn2)ccc1-c1nc([C@@H]2CC[C@H]3CN4CCC[C@H]4C(=O)N3C2)n2ccnc(N)c12. The van der Waals surface area contributed by atoms with Crippen molar-refractivity contribution < 1.29 is 27.5 Å². The highest BCUT2D eigenvalue weighted by molar-refractivity contribution is 6.04. The van der Waals surface area contributed by atoms with Gasteiger partial charge in [-0.1, -0.05) is 0 Å². The third kappa shape index (κ3) is 5.29. The fourth-order valence-corrected chi connectivity index (χ4v) is 7.04. The van der Waals surface area contributed by atoms with Crippen molar-refractivity contribution in [1.82, 2.24) is 29.2 Å². The van der Waals surface area contributed by atoms with Crippen molar-refractivity contribution in [3.8, 4) is 17.0 Å². The summed E-state index contributed by atoms with van der Waals surface area (Å²) in [7, 11) is 0. The van der Waals surface area contributed by atoms with Crippen LogP contribution in [-0.4, -0.2) is 79.3 Å². The number of piperidine rings is 1. The van der Waals surface area contributed by atoms with Crippen molar-refractivity contribution in [2.45, 2.75) is 56.8 Å². The van der Waals surface area contributed by atoms with Crippen LogP contribution < -0.4 is 15.8 Å². The van der Waals surface area contributed by atoms with E-state index in [2.05, 4.69) is 20.2 Å². The molecule has 2 amide bonds. The zero-order valence-electron chi connectivity index (χ0n) is 25.1. The van der Waals surface area contributed by atoms with Crippen LogP contribution in [-0.2, 0) is 11.0 Å². The number of hydrogen-bond acceptors (Lipinski definition) is 8. The molecule has 0 bridgehead atoms. The number of hydrogen-bond donors (Lipinski definition) is 2. The van der Waals surface area contributed by atoms with Gasteiger partial charge in [0.2, 0.25) is 5.91 Å². The Hall–Kier alpha value is -4.72. The van der Waals surface area contributed by atoms with Crippen LogP contribution in [0.2, 0.25) is 0 Å². The number of carbonyl (C=O) groups excluding carboxylic acids is 2. The number of nitrogens with zero attached hydrogens (tertiary/aromatic N) is 6. The number of amides is 2. The highest BCUT2D eigenvalue weighted by Crippen LogP contribution is 2.40. The molecule has 7 rings (SSSR count). The van der Waals surface area contributed by atoms with Crippen LogP contribution in [0.4, 0.5) is 24.8 Å². The summed E-state index contributed by atoms with van der Waals surface area (Å²) in [5.74, 6) is 0.663. The molecule has 3 aliphatic rings. The van der Waals surface area contributed by atoms with Crippen molar-refractivity contribution in [2.24, 2.45) is 0 Å². The van der Waals surface area contributed by atoms with Gasteiger partial charge in [0.1, 0.15) is 34.4 Å². The third-order valence-electron chi connectivity index (χ3n) is 9.19. The van der Waals surface area contributed by atoms with Gasteiger partial charge in [0.05, 0.1) is 18.2 Å². The average Bonchev–Trinajstić information content (AvgIpc) is 3.67. The highest BCUT2D eigenvalue weighted by atomic mass is 19.4. The first-order valence-corrected chi connectivity index (χ1v) is 15.4. The fourth-order valence-electron chi connectivity index (χ4n) is 7.04. The average molecular weight is 635 g/mol. The van der Waals surface area contributed by atoms with Crippen LogP contribution >= 0.6 is 0 Å². The number of carbonyl (C=O) groups is 2. The van der Waals surface area contributed by atoms with Crippen LogP contribution in [0.5, 0.6) is 5.75 Å². The number of benzene rings is 1. The number of nitrogens with two attached hydrogens (primary N) is 1. The number of halogens is 3. The van der Waals surface area contributed by atoms with E-state index >= 15 is 0 Å². The second kappa shape index (κ2) is 11.6. The summed E-state index contributed by atoms with van der Waals surface area (Å²) >= 11 is 0. The normalized spacial score (nSPS) is 21.7. The number of imidazole rings is 1. The summed E-state index contributed by atoms with van der Waals surface area (Å²) in [5.41, 5.74) is 7.33. The van der Waals surface area contributed by atoms with E-state index in [1.165, 1.54) is 6.07 Å². The van der Waals surface area contributed by atoms with E-state index in [1.807, 2.05) is 15.5 Å². The molecule has 0 saturated carbocycles. The van der Waals surface area contributed by atoms with Crippen molar-refractivity contribution in [3.05, 3.63) is 65.9 Å². The first-order chi connectivity index (χ1) is 22.1. The largest absolute Gasteiger partial charge is 0.493 e. The summed E-state index contributed by atoms with van der Waals surface area (Å²) in [6.07, 6.45) is 3.52. The number of fused-ring (bicyclic) bond motifs is 3. The van der Waals surface area contributed by atoms with E-state index in [9.17, 15) is 22.8 Å². The number of nitrogens with one attached hydrogen (secondary N) is 1. The number of ether oxygens (including phenoxy) is 1. The molecule has 0 radical (unpaired) electrons. The molecule has 0 spiro atoms. The summed E-state index contributed by atoms with van der Waals surface area (Å²) in [6.45, 7) is 4.54. The molecule has 3 saturated heterocycles. The molecular weight excluding hydrogens is 601 g/mol. The van der Waals surface area contributed by atoms with Gasteiger partial charge in [0.15, 0.2) is 0 Å². The number of pyridine rings is 1. The lowest BCUT2D eigenvalue weighted by Gasteiger charge is -2.47. The Morgan fingerprint density at radius 3 is 2.76 bits per heavy atom. The molecule has 3 N–H and O–H groups in total. The van der Waals surface area contributed by atoms with Gasteiger partial charge in [-0.15, -0.1) is 0 Å². The number of nitrogen functional groups attached to an aromatic ring is 1. The van der Waals surface area contributed by atoms with E-state index < -0.39 is 17.6 Å². The van der Waals surface area contributed by atoms with Gasteiger partial charge in [0, 0.05) is 54.8 Å². The molecule has 0 unspecified atom stereocenters. The van der Waals surface area contributed by atoms with Gasteiger partial charge in [-0.3, -0.25) is 18.9 Å². The minimum atomic E-state index is -4.57. The first-order valence-electron chi connectivity index (χ1n) is 15.4. The van der Waals surface area contributed by atoms with Crippen molar-refractivity contribution in [2.75, 3.05) is 37.3 Å². The molecule has 6 heterocycles. The van der Waals surface area contributed by atoms with Crippen molar-refractivity contribution in [3.63, 3.8) is 0 Å². The molecule has 4 aromatic rings. The summed E-state index contributed by atoms with van der Waals surface area (Å²) in [4.78, 5) is 44.2. The maximum Gasteiger partial charge on any atom is 0.416 e. The molecule has 3 fully saturated rings. The zero-order chi connectivity index (χ0) is 32.2. The van der Waals surface area contributed by atoms with Gasteiger partial charge >= 0.3 is 6.18 Å². The number of piperazine rings is 1. The lowest BCUT2D eigenvalue weighted by Crippen LogP contribution is -2.61.